The summed E-state index contributed by atoms with van der Waals surface area (Å²) in [5, 5.41) is 12.1. The molecule has 0 radical (unpaired) electrons. The summed E-state index contributed by atoms with van der Waals surface area (Å²) in [5.74, 6) is 0. The first-order valence-corrected chi connectivity index (χ1v) is 5.64. The molecule has 0 aliphatic rings. The van der Waals surface area contributed by atoms with Crippen molar-refractivity contribution >= 4 is 10.8 Å². The van der Waals surface area contributed by atoms with E-state index in [-0.39, 0.29) is 6.61 Å². The van der Waals surface area contributed by atoms with E-state index < -0.39 is 12.1 Å². The molecular formula is C14H17NO2. The summed E-state index contributed by atoms with van der Waals surface area (Å²) < 4.78 is 4.93. The third kappa shape index (κ3) is 2.47. The fourth-order valence-electron chi connectivity index (χ4n) is 2.02. The minimum absolute atomic E-state index is 0.240. The lowest BCUT2D eigenvalue weighted by molar-refractivity contribution is 0.0480. The second kappa shape index (κ2) is 5.27. The molecule has 2 aromatic rings. The van der Waals surface area contributed by atoms with Gasteiger partial charge in [0.1, 0.15) is 0 Å². The number of hydrogen-bond acceptors (Lipinski definition) is 3. The standard InChI is InChI=1S/C14H17NO2/c1-17-9-13(16)14(15)12-8-4-6-10-5-2-3-7-11(10)12/h2-8,13-14,16H,9,15H2,1H3. The van der Waals surface area contributed by atoms with Crippen LogP contribution in [0.1, 0.15) is 11.6 Å². The molecule has 0 aliphatic heterocycles. The van der Waals surface area contributed by atoms with Crippen molar-refractivity contribution in [3.8, 4) is 0 Å². The molecule has 0 fully saturated rings. The number of aliphatic hydroxyl groups excluding tert-OH is 1. The van der Waals surface area contributed by atoms with E-state index in [1.165, 1.54) is 0 Å². The highest BCUT2D eigenvalue weighted by Crippen LogP contribution is 2.24. The van der Waals surface area contributed by atoms with Crippen molar-refractivity contribution in [1.29, 1.82) is 0 Å². The molecule has 0 aliphatic carbocycles. The third-order valence-electron chi connectivity index (χ3n) is 2.93. The van der Waals surface area contributed by atoms with Gasteiger partial charge in [0.2, 0.25) is 0 Å². The first-order chi connectivity index (χ1) is 8.24. The predicted molar refractivity (Wildman–Crippen MR) is 68.8 cm³/mol. The van der Waals surface area contributed by atoms with E-state index in [9.17, 15) is 5.11 Å². The minimum Gasteiger partial charge on any atom is -0.389 e. The van der Waals surface area contributed by atoms with E-state index in [2.05, 4.69) is 0 Å². The Bertz CT molecular complexity index is 493. The Hall–Kier alpha value is -1.42. The Morgan fingerprint density at radius 1 is 1.18 bits per heavy atom. The van der Waals surface area contributed by atoms with Crippen LogP contribution in [0.4, 0.5) is 0 Å². The molecule has 2 aromatic carbocycles. The molecule has 3 N–H and O–H groups in total. The molecule has 2 rings (SSSR count). The summed E-state index contributed by atoms with van der Waals surface area (Å²) in [6, 6.07) is 13.5. The minimum atomic E-state index is -0.689. The first-order valence-electron chi connectivity index (χ1n) is 5.64. The molecule has 3 heteroatoms. The maximum absolute atomic E-state index is 9.88. The maximum Gasteiger partial charge on any atom is 0.0965 e. The number of benzene rings is 2. The van der Waals surface area contributed by atoms with Gasteiger partial charge < -0.3 is 15.6 Å². The van der Waals surface area contributed by atoms with Gasteiger partial charge in [0.05, 0.1) is 18.8 Å². The zero-order chi connectivity index (χ0) is 12.3. The lowest BCUT2D eigenvalue weighted by Crippen LogP contribution is -2.30. The summed E-state index contributed by atoms with van der Waals surface area (Å²) in [6.07, 6.45) is -0.689. The van der Waals surface area contributed by atoms with Crippen molar-refractivity contribution in [2.45, 2.75) is 12.1 Å². The highest BCUT2D eigenvalue weighted by Gasteiger charge is 2.18. The van der Waals surface area contributed by atoms with Crippen LogP contribution >= 0.6 is 0 Å². The Morgan fingerprint density at radius 3 is 2.65 bits per heavy atom. The molecular weight excluding hydrogens is 214 g/mol. The highest BCUT2D eigenvalue weighted by molar-refractivity contribution is 5.86. The number of hydrogen-bond donors (Lipinski definition) is 2. The molecule has 0 amide bonds. The first kappa shape index (κ1) is 12.0. The number of nitrogens with two attached hydrogens (primary N) is 1. The van der Waals surface area contributed by atoms with Crippen molar-refractivity contribution in [3.63, 3.8) is 0 Å². The maximum atomic E-state index is 9.88. The fourth-order valence-corrected chi connectivity index (χ4v) is 2.02. The number of ether oxygens (including phenoxy) is 1. The van der Waals surface area contributed by atoms with Crippen molar-refractivity contribution in [2.75, 3.05) is 13.7 Å². The molecule has 3 nitrogen and oxygen atoms in total. The smallest absolute Gasteiger partial charge is 0.0965 e. The Balaban J connectivity index is 2.41. The van der Waals surface area contributed by atoms with Gasteiger partial charge in [-0.05, 0) is 16.3 Å². The molecule has 90 valence electrons. The van der Waals surface area contributed by atoms with Crippen LogP contribution in [0.5, 0.6) is 0 Å². The Morgan fingerprint density at radius 2 is 1.88 bits per heavy atom. The molecule has 2 atom stereocenters. The third-order valence-corrected chi connectivity index (χ3v) is 2.93. The average Bonchev–Trinajstić information content (AvgIpc) is 2.37. The van der Waals surface area contributed by atoms with Gasteiger partial charge >= 0.3 is 0 Å². The topological polar surface area (TPSA) is 55.5 Å². The molecule has 0 saturated carbocycles. The van der Waals surface area contributed by atoms with Crippen LogP contribution in [0.2, 0.25) is 0 Å². The number of fused-ring (bicyclic) bond motifs is 1. The molecule has 0 spiro atoms. The van der Waals surface area contributed by atoms with E-state index in [0.717, 1.165) is 16.3 Å². The summed E-state index contributed by atoms with van der Waals surface area (Å²) in [5.41, 5.74) is 7.01. The van der Waals surface area contributed by atoms with Gasteiger partial charge in [-0.3, -0.25) is 0 Å². The van der Waals surface area contributed by atoms with Crippen LogP contribution < -0.4 is 5.73 Å². The van der Waals surface area contributed by atoms with Crippen LogP contribution in [0, 0.1) is 0 Å². The predicted octanol–water partition coefficient (Wildman–Crippen LogP) is 1.85. The summed E-state index contributed by atoms with van der Waals surface area (Å²) in [7, 11) is 1.55. The number of rotatable bonds is 4. The van der Waals surface area contributed by atoms with Gasteiger partial charge in [0.25, 0.3) is 0 Å². The largest absolute Gasteiger partial charge is 0.389 e. The van der Waals surface area contributed by atoms with Crippen LogP contribution in [-0.4, -0.2) is 24.9 Å². The SMILES string of the molecule is COCC(O)C(N)c1cccc2ccccc12. The Labute approximate surface area is 101 Å². The molecule has 0 bridgehead atoms. The van der Waals surface area contributed by atoms with Crippen molar-refractivity contribution in [2.24, 2.45) is 5.73 Å². The monoisotopic (exact) mass is 231 g/mol. The molecule has 0 aromatic heterocycles. The van der Waals surface area contributed by atoms with Gasteiger partial charge in [-0.1, -0.05) is 42.5 Å². The second-order valence-corrected chi connectivity index (χ2v) is 4.12. The van der Waals surface area contributed by atoms with Gasteiger partial charge in [0, 0.05) is 7.11 Å². The lowest BCUT2D eigenvalue weighted by atomic mass is 9.96. The molecule has 2 unspecified atom stereocenters. The molecule has 0 heterocycles. The second-order valence-electron chi connectivity index (χ2n) is 4.12. The van der Waals surface area contributed by atoms with E-state index in [4.69, 9.17) is 10.5 Å². The van der Waals surface area contributed by atoms with E-state index >= 15 is 0 Å². The van der Waals surface area contributed by atoms with Gasteiger partial charge in [-0.15, -0.1) is 0 Å². The quantitative estimate of drug-likeness (QED) is 0.844. The van der Waals surface area contributed by atoms with E-state index in [1.54, 1.807) is 7.11 Å². The van der Waals surface area contributed by atoms with Crippen LogP contribution in [0.25, 0.3) is 10.8 Å². The van der Waals surface area contributed by atoms with Gasteiger partial charge in [-0.2, -0.15) is 0 Å². The van der Waals surface area contributed by atoms with Gasteiger partial charge in [-0.25, -0.2) is 0 Å². The number of aliphatic hydroxyl groups is 1. The van der Waals surface area contributed by atoms with E-state index in [0.29, 0.717) is 0 Å². The van der Waals surface area contributed by atoms with Gasteiger partial charge in [0.15, 0.2) is 0 Å². The highest BCUT2D eigenvalue weighted by atomic mass is 16.5. The van der Waals surface area contributed by atoms with Crippen molar-refractivity contribution < 1.29 is 9.84 Å². The zero-order valence-corrected chi connectivity index (χ0v) is 9.84. The van der Waals surface area contributed by atoms with Crippen molar-refractivity contribution in [3.05, 3.63) is 48.0 Å². The Kier molecular flexibility index (Phi) is 3.74. The summed E-state index contributed by atoms with van der Waals surface area (Å²) >= 11 is 0. The normalized spacial score (nSPS) is 14.8. The van der Waals surface area contributed by atoms with E-state index in [1.807, 2.05) is 42.5 Å². The molecule has 17 heavy (non-hydrogen) atoms. The number of methoxy groups -OCH3 is 1. The average molecular weight is 231 g/mol. The fraction of sp³-hybridized carbons (Fsp3) is 0.286. The molecule has 0 saturated heterocycles. The van der Waals surface area contributed by atoms with Crippen LogP contribution in [0.3, 0.4) is 0 Å². The van der Waals surface area contributed by atoms with Crippen molar-refractivity contribution in [1.82, 2.24) is 0 Å². The van der Waals surface area contributed by atoms with Crippen LogP contribution in [0.15, 0.2) is 42.5 Å². The summed E-state index contributed by atoms with van der Waals surface area (Å²) in [4.78, 5) is 0. The van der Waals surface area contributed by atoms with Crippen LogP contribution in [-0.2, 0) is 4.74 Å². The zero-order valence-electron chi connectivity index (χ0n) is 9.84. The summed E-state index contributed by atoms with van der Waals surface area (Å²) in [6.45, 7) is 0.240. The lowest BCUT2D eigenvalue weighted by Gasteiger charge is -2.20.